The van der Waals surface area contributed by atoms with E-state index in [0.29, 0.717) is 4.83 Å². The zero-order valence-electron chi connectivity index (χ0n) is 4.48. The number of ether oxygens (including phenoxy) is 1. The van der Waals surface area contributed by atoms with Crippen molar-refractivity contribution in [2.45, 2.75) is 18.2 Å². The third kappa shape index (κ3) is 6.44. The summed E-state index contributed by atoms with van der Waals surface area (Å²) in [5.41, 5.74) is 0. The monoisotopic (exact) mass is 165 g/mol. The van der Waals surface area contributed by atoms with Crippen LogP contribution in [0.2, 0.25) is 0 Å². The number of halogens is 1. The summed E-state index contributed by atoms with van der Waals surface area (Å²) >= 11 is 3.37. The molecule has 0 aliphatic rings. The second kappa shape index (κ2) is 4.60. The highest BCUT2D eigenvalue weighted by molar-refractivity contribution is 9.09. The number of hydrogen-bond acceptors (Lipinski definition) is 1. The van der Waals surface area contributed by atoms with Crippen LogP contribution in [0.1, 0.15) is 13.3 Å². The Balaban J connectivity index is 2.68. The highest BCUT2D eigenvalue weighted by atomic mass is 79.9. The molecule has 0 amide bonds. The molecule has 0 heterocycles. The SMILES string of the molecule is [CH2]OCCC(C)Br. The van der Waals surface area contributed by atoms with E-state index < -0.39 is 0 Å². The van der Waals surface area contributed by atoms with Crippen LogP contribution in [-0.4, -0.2) is 11.4 Å². The van der Waals surface area contributed by atoms with Gasteiger partial charge in [0.05, 0.1) is 7.11 Å². The van der Waals surface area contributed by atoms with Crippen molar-refractivity contribution in [3.05, 3.63) is 7.11 Å². The first-order chi connectivity index (χ1) is 3.27. The van der Waals surface area contributed by atoms with E-state index >= 15 is 0 Å². The molecule has 0 aliphatic heterocycles. The second-order valence-corrected chi connectivity index (χ2v) is 3.04. The van der Waals surface area contributed by atoms with Gasteiger partial charge in [0.2, 0.25) is 0 Å². The predicted molar refractivity (Wildman–Crippen MR) is 34.3 cm³/mol. The first-order valence-corrected chi connectivity index (χ1v) is 3.20. The van der Waals surface area contributed by atoms with Gasteiger partial charge in [-0.3, -0.25) is 0 Å². The molecule has 0 rings (SSSR count). The van der Waals surface area contributed by atoms with Crippen molar-refractivity contribution in [3.63, 3.8) is 0 Å². The van der Waals surface area contributed by atoms with Gasteiger partial charge < -0.3 is 4.74 Å². The molecule has 0 bridgehead atoms. The summed E-state index contributed by atoms with van der Waals surface area (Å²) in [5, 5.41) is 0. The van der Waals surface area contributed by atoms with E-state index in [1.807, 2.05) is 0 Å². The van der Waals surface area contributed by atoms with Crippen molar-refractivity contribution in [3.8, 4) is 0 Å². The molecular formula is C5H10BrO. The van der Waals surface area contributed by atoms with E-state index in [2.05, 4.69) is 34.7 Å². The Morgan fingerprint density at radius 3 is 2.57 bits per heavy atom. The Kier molecular flexibility index (Phi) is 4.88. The van der Waals surface area contributed by atoms with E-state index in [4.69, 9.17) is 0 Å². The third-order valence-corrected chi connectivity index (χ3v) is 1.12. The maximum atomic E-state index is 4.57. The van der Waals surface area contributed by atoms with Crippen LogP contribution in [0.4, 0.5) is 0 Å². The number of rotatable bonds is 3. The Hall–Kier alpha value is 0.440. The molecule has 1 nitrogen and oxygen atoms in total. The first-order valence-electron chi connectivity index (χ1n) is 2.28. The highest BCUT2D eigenvalue weighted by Gasteiger charge is 1.91. The second-order valence-electron chi connectivity index (χ2n) is 1.48. The zero-order chi connectivity index (χ0) is 5.70. The van der Waals surface area contributed by atoms with Gasteiger partial charge in [-0.2, -0.15) is 0 Å². The number of hydrogen-bond donors (Lipinski definition) is 0. The smallest absolute Gasteiger partial charge is 0.0700 e. The Bertz CT molecular complexity index is 37.1. The maximum Gasteiger partial charge on any atom is 0.0700 e. The molecule has 0 fully saturated rings. The molecule has 1 unspecified atom stereocenters. The molecule has 0 aliphatic carbocycles. The van der Waals surface area contributed by atoms with E-state index in [-0.39, 0.29) is 0 Å². The summed E-state index contributed by atoms with van der Waals surface area (Å²) in [5.74, 6) is 0. The minimum atomic E-state index is 0.550. The summed E-state index contributed by atoms with van der Waals surface area (Å²) in [6.07, 6.45) is 1.03. The van der Waals surface area contributed by atoms with Crippen LogP contribution < -0.4 is 0 Å². The van der Waals surface area contributed by atoms with Crippen LogP contribution in [0.3, 0.4) is 0 Å². The molecule has 0 aromatic carbocycles. The molecule has 0 saturated heterocycles. The standard InChI is InChI=1S/C5H10BrO/c1-5(6)3-4-7-2/h5H,2-4H2,1H3. The van der Waals surface area contributed by atoms with E-state index in [1.54, 1.807) is 0 Å². The first kappa shape index (κ1) is 7.44. The van der Waals surface area contributed by atoms with E-state index in [9.17, 15) is 0 Å². The van der Waals surface area contributed by atoms with Crippen molar-refractivity contribution in [2.75, 3.05) is 6.61 Å². The van der Waals surface area contributed by atoms with Crippen LogP contribution in [-0.2, 0) is 4.74 Å². The normalized spacial score (nSPS) is 14.1. The van der Waals surface area contributed by atoms with Crippen molar-refractivity contribution in [1.82, 2.24) is 0 Å². The van der Waals surface area contributed by atoms with Crippen LogP contribution in [0.5, 0.6) is 0 Å². The highest BCUT2D eigenvalue weighted by Crippen LogP contribution is 2.01. The molecule has 0 aromatic rings. The maximum absolute atomic E-state index is 4.57. The lowest BCUT2D eigenvalue weighted by atomic mass is 10.4. The van der Waals surface area contributed by atoms with Crippen molar-refractivity contribution in [2.24, 2.45) is 0 Å². The summed E-state index contributed by atoms with van der Waals surface area (Å²) < 4.78 is 4.57. The number of alkyl halides is 1. The van der Waals surface area contributed by atoms with Gasteiger partial charge >= 0.3 is 0 Å². The van der Waals surface area contributed by atoms with E-state index in [1.165, 1.54) is 0 Å². The molecule has 1 atom stereocenters. The molecule has 0 saturated carbocycles. The largest absolute Gasteiger partial charge is 0.379 e. The van der Waals surface area contributed by atoms with Gasteiger partial charge in [0.1, 0.15) is 0 Å². The molecule has 0 aromatic heterocycles. The molecule has 1 radical (unpaired) electrons. The molecule has 0 N–H and O–H groups in total. The zero-order valence-corrected chi connectivity index (χ0v) is 6.07. The Morgan fingerprint density at radius 2 is 2.43 bits per heavy atom. The third-order valence-electron chi connectivity index (χ3n) is 0.660. The average Bonchev–Trinajstić information content (AvgIpc) is 1.61. The van der Waals surface area contributed by atoms with Crippen molar-refractivity contribution in [1.29, 1.82) is 0 Å². The lowest BCUT2D eigenvalue weighted by molar-refractivity contribution is 0.238. The fourth-order valence-electron chi connectivity index (χ4n) is 0.246. The van der Waals surface area contributed by atoms with Crippen LogP contribution >= 0.6 is 15.9 Å². The van der Waals surface area contributed by atoms with Gasteiger partial charge in [-0.05, 0) is 6.42 Å². The predicted octanol–water partition coefficient (Wildman–Crippen LogP) is 1.97. The molecule has 2 heteroatoms. The molecule has 43 valence electrons. The molecule has 0 spiro atoms. The van der Waals surface area contributed by atoms with Crippen LogP contribution in [0.15, 0.2) is 0 Å². The van der Waals surface area contributed by atoms with Gasteiger partial charge in [0, 0.05) is 11.4 Å². The van der Waals surface area contributed by atoms with E-state index in [0.717, 1.165) is 13.0 Å². The lowest BCUT2D eigenvalue weighted by Crippen LogP contribution is -1.94. The van der Waals surface area contributed by atoms with Crippen molar-refractivity contribution >= 4 is 15.9 Å². The van der Waals surface area contributed by atoms with Gasteiger partial charge in [0.25, 0.3) is 0 Å². The summed E-state index contributed by atoms with van der Waals surface area (Å²) in [7, 11) is 3.24. The minimum Gasteiger partial charge on any atom is -0.379 e. The van der Waals surface area contributed by atoms with Gasteiger partial charge in [-0.1, -0.05) is 22.9 Å². The van der Waals surface area contributed by atoms with Gasteiger partial charge in [-0.25, -0.2) is 0 Å². The topological polar surface area (TPSA) is 9.23 Å². The van der Waals surface area contributed by atoms with Crippen LogP contribution in [0.25, 0.3) is 0 Å². The van der Waals surface area contributed by atoms with Crippen molar-refractivity contribution < 1.29 is 4.74 Å². The minimum absolute atomic E-state index is 0.550. The Morgan fingerprint density at radius 1 is 1.86 bits per heavy atom. The fourth-order valence-corrected chi connectivity index (χ4v) is 0.433. The summed E-state index contributed by atoms with van der Waals surface area (Å²) in [6.45, 7) is 2.82. The average molecular weight is 166 g/mol. The molecular weight excluding hydrogens is 156 g/mol. The lowest BCUT2D eigenvalue weighted by Gasteiger charge is -1.97. The van der Waals surface area contributed by atoms with Gasteiger partial charge in [-0.15, -0.1) is 0 Å². The summed E-state index contributed by atoms with van der Waals surface area (Å²) in [4.78, 5) is 0.550. The molecule has 7 heavy (non-hydrogen) atoms. The Labute approximate surface area is 53.2 Å². The fraction of sp³-hybridized carbons (Fsp3) is 0.800. The van der Waals surface area contributed by atoms with Crippen LogP contribution in [0, 0.1) is 7.11 Å². The quantitative estimate of drug-likeness (QED) is 0.582. The van der Waals surface area contributed by atoms with Gasteiger partial charge in [0.15, 0.2) is 0 Å². The summed E-state index contributed by atoms with van der Waals surface area (Å²) in [6, 6.07) is 0.